The van der Waals surface area contributed by atoms with E-state index in [2.05, 4.69) is 4.98 Å². The first-order valence-corrected chi connectivity index (χ1v) is 7.58. The minimum Gasteiger partial charge on any atom is -0.349 e. The molecule has 0 radical (unpaired) electrons. The Hall–Kier alpha value is -1.98. The van der Waals surface area contributed by atoms with Gasteiger partial charge in [0.1, 0.15) is 0 Å². The molecular formula is C16H22FN3O2. The van der Waals surface area contributed by atoms with E-state index in [9.17, 15) is 14.0 Å². The van der Waals surface area contributed by atoms with Crippen LogP contribution in [0.15, 0.2) is 18.5 Å². The Morgan fingerprint density at radius 3 is 2.91 bits per heavy atom. The monoisotopic (exact) mass is 307 g/mol. The van der Waals surface area contributed by atoms with Gasteiger partial charge in [-0.15, -0.1) is 0 Å². The van der Waals surface area contributed by atoms with E-state index in [1.54, 1.807) is 23.9 Å². The van der Waals surface area contributed by atoms with Gasteiger partial charge in [0, 0.05) is 39.8 Å². The second-order valence-electron chi connectivity index (χ2n) is 5.94. The molecule has 22 heavy (non-hydrogen) atoms. The van der Waals surface area contributed by atoms with Gasteiger partial charge in [0.25, 0.3) is 5.91 Å². The van der Waals surface area contributed by atoms with E-state index in [1.807, 2.05) is 0 Å². The van der Waals surface area contributed by atoms with Gasteiger partial charge in [-0.05, 0) is 31.2 Å². The largest absolute Gasteiger partial charge is 0.349 e. The Kier molecular flexibility index (Phi) is 5.46. The predicted octanol–water partition coefficient (Wildman–Crippen LogP) is 1.94. The first kappa shape index (κ1) is 16.4. The number of carbonyl (C=O) groups excluding carboxylic acids is 2. The summed E-state index contributed by atoms with van der Waals surface area (Å²) in [5, 5.41) is 0. The molecule has 1 aromatic heterocycles. The van der Waals surface area contributed by atoms with Crippen LogP contribution < -0.4 is 0 Å². The highest BCUT2D eigenvalue weighted by Crippen LogP contribution is 2.23. The summed E-state index contributed by atoms with van der Waals surface area (Å²) in [4.78, 5) is 31.0. The fraction of sp³-hybridized carbons (Fsp3) is 0.562. The predicted molar refractivity (Wildman–Crippen MR) is 80.8 cm³/mol. The molecule has 1 fully saturated rings. The Labute approximate surface area is 130 Å². The van der Waals surface area contributed by atoms with Crippen LogP contribution in [0, 0.1) is 11.7 Å². The van der Waals surface area contributed by atoms with Crippen LogP contribution in [-0.4, -0.2) is 53.8 Å². The van der Waals surface area contributed by atoms with Crippen molar-refractivity contribution in [1.29, 1.82) is 0 Å². The van der Waals surface area contributed by atoms with Crippen molar-refractivity contribution < 1.29 is 14.0 Å². The molecule has 0 bridgehead atoms. The zero-order valence-corrected chi connectivity index (χ0v) is 13.1. The van der Waals surface area contributed by atoms with Crippen molar-refractivity contribution in [2.24, 2.45) is 5.92 Å². The van der Waals surface area contributed by atoms with Gasteiger partial charge in [-0.1, -0.05) is 0 Å². The van der Waals surface area contributed by atoms with Gasteiger partial charge < -0.3 is 9.80 Å². The van der Waals surface area contributed by atoms with Crippen LogP contribution in [0.4, 0.5) is 4.39 Å². The second kappa shape index (κ2) is 7.33. The number of carbonyl (C=O) groups is 2. The maximum atomic E-state index is 13.7. The number of hydrogen-bond acceptors (Lipinski definition) is 3. The number of halogens is 1. The molecule has 2 amide bonds. The molecule has 0 saturated carbocycles. The van der Waals surface area contributed by atoms with Crippen molar-refractivity contribution in [3.8, 4) is 0 Å². The van der Waals surface area contributed by atoms with Crippen LogP contribution in [0.5, 0.6) is 0 Å². The van der Waals surface area contributed by atoms with Crippen LogP contribution in [-0.2, 0) is 4.79 Å². The number of aromatic nitrogens is 1. The molecular weight excluding hydrogens is 285 g/mol. The third-order valence-electron chi connectivity index (χ3n) is 4.07. The number of hydrogen-bond donors (Lipinski definition) is 0. The molecule has 120 valence electrons. The topological polar surface area (TPSA) is 53.5 Å². The number of rotatable bonds is 4. The van der Waals surface area contributed by atoms with Crippen molar-refractivity contribution in [2.45, 2.75) is 25.7 Å². The lowest BCUT2D eigenvalue weighted by Gasteiger charge is -2.33. The molecule has 1 atom stereocenters. The third-order valence-corrected chi connectivity index (χ3v) is 4.07. The van der Waals surface area contributed by atoms with Gasteiger partial charge in [-0.25, -0.2) is 4.39 Å². The van der Waals surface area contributed by atoms with Gasteiger partial charge in [0.05, 0.1) is 11.8 Å². The molecule has 5 nitrogen and oxygen atoms in total. The van der Waals surface area contributed by atoms with E-state index in [1.165, 1.54) is 12.3 Å². The van der Waals surface area contributed by atoms with Crippen LogP contribution in [0.2, 0.25) is 0 Å². The third kappa shape index (κ3) is 4.02. The maximum Gasteiger partial charge on any atom is 0.256 e. The summed E-state index contributed by atoms with van der Waals surface area (Å²) in [6.45, 7) is 1.22. The Balaban J connectivity index is 1.94. The van der Waals surface area contributed by atoms with E-state index in [-0.39, 0.29) is 17.4 Å². The average molecular weight is 307 g/mol. The molecule has 0 aromatic carbocycles. The summed E-state index contributed by atoms with van der Waals surface area (Å²) in [5.41, 5.74) is 0.0695. The first-order chi connectivity index (χ1) is 10.5. The summed E-state index contributed by atoms with van der Waals surface area (Å²) >= 11 is 0. The number of pyridine rings is 1. The van der Waals surface area contributed by atoms with Crippen molar-refractivity contribution >= 4 is 11.8 Å². The summed E-state index contributed by atoms with van der Waals surface area (Å²) < 4.78 is 13.7. The van der Waals surface area contributed by atoms with Gasteiger partial charge in [-0.2, -0.15) is 0 Å². The normalized spacial score (nSPS) is 18.1. The van der Waals surface area contributed by atoms with Crippen molar-refractivity contribution in [3.05, 3.63) is 29.8 Å². The molecule has 2 rings (SSSR count). The van der Waals surface area contributed by atoms with E-state index < -0.39 is 5.82 Å². The van der Waals surface area contributed by atoms with Crippen LogP contribution in [0.3, 0.4) is 0 Å². The van der Waals surface area contributed by atoms with Crippen LogP contribution >= 0.6 is 0 Å². The number of piperidine rings is 1. The minimum absolute atomic E-state index is 0.0695. The summed E-state index contributed by atoms with van der Waals surface area (Å²) in [6.07, 6.45) is 5.63. The SMILES string of the molecule is CN(C)C(=O)CC[C@@H]1CCCN(C(=O)c2ccncc2F)C1. The zero-order chi connectivity index (χ0) is 16.1. The van der Waals surface area contributed by atoms with E-state index >= 15 is 0 Å². The van der Waals surface area contributed by atoms with Gasteiger partial charge in [0.15, 0.2) is 5.82 Å². The highest BCUT2D eigenvalue weighted by Gasteiger charge is 2.26. The van der Waals surface area contributed by atoms with Gasteiger partial charge in [0.2, 0.25) is 5.91 Å². The molecule has 6 heteroatoms. The molecule has 1 aliphatic rings. The molecule has 2 heterocycles. The van der Waals surface area contributed by atoms with E-state index in [4.69, 9.17) is 0 Å². The highest BCUT2D eigenvalue weighted by molar-refractivity contribution is 5.94. The highest BCUT2D eigenvalue weighted by atomic mass is 19.1. The Morgan fingerprint density at radius 2 is 2.23 bits per heavy atom. The van der Waals surface area contributed by atoms with E-state index in [0.29, 0.717) is 25.4 Å². The molecule has 1 aliphatic heterocycles. The molecule has 0 spiro atoms. The fourth-order valence-electron chi connectivity index (χ4n) is 2.76. The smallest absolute Gasteiger partial charge is 0.256 e. The average Bonchev–Trinajstić information content (AvgIpc) is 2.52. The minimum atomic E-state index is -0.586. The summed E-state index contributed by atoms with van der Waals surface area (Å²) in [7, 11) is 3.48. The van der Waals surface area contributed by atoms with E-state index in [0.717, 1.165) is 25.5 Å². The van der Waals surface area contributed by atoms with Crippen molar-refractivity contribution in [2.75, 3.05) is 27.2 Å². The summed E-state index contributed by atoms with van der Waals surface area (Å²) in [6, 6.07) is 1.41. The van der Waals surface area contributed by atoms with Crippen molar-refractivity contribution in [3.63, 3.8) is 0 Å². The number of nitrogens with zero attached hydrogens (tertiary/aromatic N) is 3. The first-order valence-electron chi connectivity index (χ1n) is 7.58. The molecule has 0 aliphatic carbocycles. The lowest BCUT2D eigenvalue weighted by Crippen LogP contribution is -2.40. The molecule has 0 N–H and O–H groups in total. The Bertz CT molecular complexity index is 548. The standard InChI is InChI=1S/C16H22FN3O2/c1-19(2)15(21)6-5-12-4-3-9-20(11-12)16(22)13-7-8-18-10-14(13)17/h7-8,10,12H,3-6,9,11H2,1-2H3/t12-/m0/s1. The Morgan fingerprint density at radius 1 is 1.45 bits per heavy atom. The molecule has 1 saturated heterocycles. The lowest BCUT2D eigenvalue weighted by atomic mass is 9.92. The molecule has 1 aromatic rings. The quantitative estimate of drug-likeness (QED) is 0.854. The second-order valence-corrected chi connectivity index (χ2v) is 5.94. The number of likely N-dealkylation sites (tertiary alicyclic amines) is 1. The van der Waals surface area contributed by atoms with Crippen molar-refractivity contribution in [1.82, 2.24) is 14.8 Å². The van der Waals surface area contributed by atoms with Gasteiger partial charge >= 0.3 is 0 Å². The maximum absolute atomic E-state index is 13.7. The molecule has 0 unspecified atom stereocenters. The summed E-state index contributed by atoms with van der Waals surface area (Å²) in [5.74, 6) is -0.476. The van der Waals surface area contributed by atoms with Crippen LogP contribution in [0.1, 0.15) is 36.0 Å². The zero-order valence-electron chi connectivity index (χ0n) is 13.1. The fourth-order valence-corrected chi connectivity index (χ4v) is 2.76. The number of amides is 2. The van der Waals surface area contributed by atoms with Crippen LogP contribution in [0.25, 0.3) is 0 Å². The van der Waals surface area contributed by atoms with Gasteiger partial charge in [-0.3, -0.25) is 14.6 Å². The lowest BCUT2D eigenvalue weighted by molar-refractivity contribution is -0.129.